The van der Waals surface area contributed by atoms with Gasteiger partial charge in [0.25, 0.3) is 5.91 Å². The minimum absolute atomic E-state index is 0.0547. The van der Waals surface area contributed by atoms with Gasteiger partial charge in [0.1, 0.15) is 0 Å². The van der Waals surface area contributed by atoms with Gasteiger partial charge in [0, 0.05) is 29.6 Å². The lowest BCUT2D eigenvalue weighted by Gasteiger charge is -2.23. The molecule has 1 amide bonds. The van der Waals surface area contributed by atoms with Gasteiger partial charge < -0.3 is 10.6 Å². The van der Waals surface area contributed by atoms with Crippen LogP contribution in [0.15, 0.2) is 6.07 Å². The Bertz CT molecular complexity index is 489. The molecule has 6 heteroatoms. The maximum atomic E-state index is 12.6. The summed E-state index contributed by atoms with van der Waals surface area (Å²) >= 11 is 8.59. The molecule has 1 unspecified atom stereocenters. The zero-order valence-corrected chi connectivity index (χ0v) is 14.3. The van der Waals surface area contributed by atoms with Crippen molar-refractivity contribution in [1.29, 1.82) is 0 Å². The van der Waals surface area contributed by atoms with Gasteiger partial charge in [-0.05, 0) is 30.7 Å². The molecule has 2 N–H and O–H groups in total. The van der Waals surface area contributed by atoms with Crippen molar-refractivity contribution >= 4 is 46.2 Å². The Morgan fingerprint density at radius 2 is 2.35 bits per heavy atom. The van der Waals surface area contributed by atoms with E-state index in [2.05, 4.69) is 6.07 Å². The highest BCUT2D eigenvalue weighted by molar-refractivity contribution is 7.98. The SMILES string of the molecule is CCN(CC(C)C(N)=S)C(=O)c1cc2c(s1)CCSC2. The van der Waals surface area contributed by atoms with Crippen LogP contribution < -0.4 is 5.73 Å². The van der Waals surface area contributed by atoms with Crippen molar-refractivity contribution in [2.45, 2.75) is 26.0 Å². The predicted molar refractivity (Wildman–Crippen MR) is 91.7 cm³/mol. The van der Waals surface area contributed by atoms with Crippen LogP contribution in [0.3, 0.4) is 0 Å². The monoisotopic (exact) mass is 328 g/mol. The summed E-state index contributed by atoms with van der Waals surface area (Å²) < 4.78 is 0. The molecule has 0 aromatic carbocycles. The second kappa shape index (κ2) is 6.91. The van der Waals surface area contributed by atoms with Gasteiger partial charge in [-0.3, -0.25) is 4.79 Å². The van der Waals surface area contributed by atoms with Gasteiger partial charge in [-0.2, -0.15) is 11.8 Å². The summed E-state index contributed by atoms with van der Waals surface area (Å²) in [5.74, 6) is 2.37. The number of thioether (sulfide) groups is 1. The Hall–Kier alpha value is -0.590. The highest BCUT2D eigenvalue weighted by Gasteiger charge is 2.22. The van der Waals surface area contributed by atoms with Gasteiger partial charge in [0.2, 0.25) is 0 Å². The highest BCUT2D eigenvalue weighted by atomic mass is 32.2. The van der Waals surface area contributed by atoms with Crippen LogP contribution in [0.2, 0.25) is 0 Å². The molecular formula is C14H20N2OS3. The Morgan fingerprint density at radius 1 is 1.60 bits per heavy atom. The van der Waals surface area contributed by atoms with Crippen molar-refractivity contribution in [3.05, 3.63) is 21.4 Å². The molecule has 0 fully saturated rings. The molecule has 0 saturated carbocycles. The van der Waals surface area contributed by atoms with E-state index in [0.29, 0.717) is 18.1 Å². The minimum Gasteiger partial charge on any atom is -0.393 e. The predicted octanol–water partition coefficient (Wildman–Crippen LogP) is 2.92. The van der Waals surface area contributed by atoms with E-state index in [-0.39, 0.29) is 11.8 Å². The topological polar surface area (TPSA) is 46.3 Å². The number of nitrogens with two attached hydrogens (primary N) is 1. The average molecular weight is 329 g/mol. The summed E-state index contributed by atoms with van der Waals surface area (Å²) in [6.07, 6.45) is 1.09. The van der Waals surface area contributed by atoms with E-state index >= 15 is 0 Å². The standard InChI is InChI=1S/C14H20N2OS3/c1-3-16(7-9(2)13(15)18)14(17)12-6-10-8-19-5-4-11(10)20-12/h6,9H,3-5,7-8H2,1-2H3,(H2,15,18). The van der Waals surface area contributed by atoms with Crippen molar-refractivity contribution in [2.75, 3.05) is 18.8 Å². The van der Waals surface area contributed by atoms with Gasteiger partial charge in [0.15, 0.2) is 0 Å². The molecule has 1 aromatic heterocycles. The third-order valence-corrected chi connectivity index (χ3v) is 6.12. The number of thiophene rings is 1. The summed E-state index contributed by atoms with van der Waals surface area (Å²) in [5, 5.41) is 0. The first-order valence-corrected chi connectivity index (χ1v) is 9.18. The fourth-order valence-electron chi connectivity index (χ4n) is 2.18. The summed E-state index contributed by atoms with van der Waals surface area (Å²) in [5.41, 5.74) is 6.99. The molecule has 0 radical (unpaired) electrons. The number of nitrogens with zero attached hydrogens (tertiary/aromatic N) is 1. The molecule has 2 heterocycles. The zero-order valence-electron chi connectivity index (χ0n) is 11.8. The van der Waals surface area contributed by atoms with Crippen LogP contribution in [0.4, 0.5) is 0 Å². The maximum absolute atomic E-state index is 12.6. The summed E-state index contributed by atoms with van der Waals surface area (Å²) in [7, 11) is 0. The number of thiocarbonyl (C=S) groups is 1. The Morgan fingerprint density at radius 3 is 2.95 bits per heavy atom. The number of aryl methyl sites for hydroxylation is 1. The van der Waals surface area contributed by atoms with Crippen molar-refractivity contribution < 1.29 is 4.79 Å². The summed E-state index contributed by atoms with van der Waals surface area (Å²) in [6.45, 7) is 5.24. The molecule has 110 valence electrons. The highest BCUT2D eigenvalue weighted by Crippen LogP contribution is 2.32. The number of carbonyl (C=O) groups excluding carboxylic acids is 1. The number of hydrogen-bond acceptors (Lipinski definition) is 4. The van der Waals surface area contributed by atoms with Crippen LogP contribution in [-0.2, 0) is 12.2 Å². The molecule has 1 aliphatic rings. The van der Waals surface area contributed by atoms with Gasteiger partial charge in [-0.25, -0.2) is 0 Å². The summed E-state index contributed by atoms with van der Waals surface area (Å²) in [6, 6.07) is 2.07. The molecule has 3 nitrogen and oxygen atoms in total. The zero-order chi connectivity index (χ0) is 14.7. The first-order chi connectivity index (χ1) is 9.52. The number of carbonyl (C=O) groups is 1. The molecule has 1 aliphatic heterocycles. The Kier molecular flexibility index (Phi) is 5.46. The van der Waals surface area contributed by atoms with Crippen molar-refractivity contribution in [1.82, 2.24) is 4.90 Å². The Labute approximate surface area is 133 Å². The molecule has 1 aromatic rings. The van der Waals surface area contributed by atoms with Crippen LogP contribution >= 0.6 is 35.3 Å². The maximum Gasteiger partial charge on any atom is 0.263 e. The van der Waals surface area contributed by atoms with E-state index in [4.69, 9.17) is 18.0 Å². The smallest absolute Gasteiger partial charge is 0.263 e. The first-order valence-electron chi connectivity index (χ1n) is 6.80. The third-order valence-electron chi connectivity index (χ3n) is 3.49. The number of rotatable bonds is 5. The lowest BCUT2D eigenvalue weighted by molar-refractivity contribution is 0.0759. The third kappa shape index (κ3) is 3.54. The number of hydrogen-bond donors (Lipinski definition) is 1. The number of amides is 1. The number of fused-ring (bicyclic) bond motifs is 1. The first kappa shape index (κ1) is 15.8. The lowest BCUT2D eigenvalue weighted by Crippen LogP contribution is -2.37. The Balaban J connectivity index is 2.11. The van der Waals surface area contributed by atoms with Crippen LogP contribution in [0, 0.1) is 5.92 Å². The average Bonchev–Trinajstić information content (AvgIpc) is 2.87. The van der Waals surface area contributed by atoms with Crippen molar-refractivity contribution in [2.24, 2.45) is 11.7 Å². The quantitative estimate of drug-likeness (QED) is 0.844. The van der Waals surface area contributed by atoms with E-state index in [1.165, 1.54) is 10.4 Å². The van der Waals surface area contributed by atoms with E-state index < -0.39 is 0 Å². The molecule has 1 atom stereocenters. The largest absolute Gasteiger partial charge is 0.393 e. The minimum atomic E-state index is 0.0547. The lowest BCUT2D eigenvalue weighted by atomic mass is 10.1. The summed E-state index contributed by atoms with van der Waals surface area (Å²) in [4.78, 5) is 17.1. The van der Waals surface area contributed by atoms with E-state index in [0.717, 1.165) is 22.8 Å². The van der Waals surface area contributed by atoms with Crippen molar-refractivity contribution in [3.8, 4) is 0 Å². The molecule has 2 rings (SSSR count). The van der Waals surface area contributed by atoms with E-state index in [1.54, 1.807) is 11.3 Å². The molecule has 0 bridgehead atoms. The molecular weight excluding hydrogens is 308 g/mol. The van der Waals surface area contributed by atoms with Crippen LogP contribution in [-0.4, -0.2) is 34.6 Å². The molecule has 0 spiro atoms. The van der Waals surface area contributed by atoms with Crippen LogP contribution in [0.5, 0.6) is 0 Å². The van der Waals surface area contributed by atoms with Gasteiger partial charge in [-0.1, -0.05) is 19.1 Å². The van der Waals surface area contributed by atoms with Gasteiger partial charge in [-0.15, -0.1) is 11.3 Å². The fourth-order valence-corrected chi connectivity index (χ4v) is 4.60. The molecule has 0 saturated heterocycles. The second-order valence-electron chi connectivity index (χ2n) is 5.01. The van der Waals surface area contributed by atoms with E-state index in [9.17, 15) is 4.79 Å². The fraction of sp³-hybridized carbons (Fsp3) is 0.571. The van der Waals surface area contributed by atoms with Crippen LogP contribution in [0.25, 0.3) is 0 Å². The normalized spacial score (nSPS) is 15.5. The second-order valence-corrected chi connectivity index (χ2v) is 7.72. The van der Waals surface area contributed by atoms with Gasteiger partial charge in [0.05, 0.1) is 9.87 Å². The van der Waals surface area contributed by atoms with E-state index in [1.807, 2.05) is 30.5 Å². The van der Waals surface area contributed by atoms with Crippen LogP contribution in [0.1, 0.15) is 34.0 Å². The molecule has 20 heavy (non-hydrogen) atoms. The molecule has 0 aliphatic carbocycles. The van der Waals surface area contributed by atoms with Gasteiger partial charge >= 0.3 is 0 Å². The van der Waals surface area contributed by atoms with Crippen molar-refractivity contribution in [3.63, 3.8) is 0 Å².